The standard InChI is InChI=1S/C58H42N2O/c1-4-17-43(18-5-1)58-52-27-11-10-16-42(52)32-37-55(58)60(51-35-36-54-53-28-12-13-29-56(53)61-57(54)40-51)50-26-15-21-46(39-50)45-20-14-19-44(38-45)41-30-33-49(34-31-41)59(47-22-6-2-7-23-47)48-24-8-3-9-25-48/h1-24,26-40,48H,25H2. The average molecular weight is 783 g/mol. The first-order valence-electron chi connectivity index (χ1n) is 21.0. The number of furan rings is 1. The summed E-state index contributed by atoms with van der Waals surface area (Å²) in [7, 11) is 0. The van der Waals surface area contributed by atoms with Crippen LogP contribution in [0, 0.1) is 0 Å². The third-order valence-electron chi connectivity index (χ3n) is 11.9. The molecule has 0 saturated heterocycles. The molecule has 0 bridgehead atoms. The Labute approximate surface area is 356 Å². The molecule has 0 aliphatic heterocycles. The van der Waals surface area contributed by atoms with Gasteiger partial charge in [0, 0.05) is 45.2 Å². The Hall–Kier alpha value is -7.88. The van der Waals surface area contributed by atoms with Crippen LogP contribution in [-0.2, 0) is 0 Å². The zero-order valence-electron chi connectivity index (χ0n) is 33.6. The van der Waals surface area contributed by atoms with Crippen LogP contribution in [0.5, 0.6) is 0 Å². The first-order valence-corrected chi connectivity index (χ1v) is 21.0. The smallest absolute Gasteiger partial charge is 0.137 e. The van der Waals surface area contributed by atoms with Crippen molar-refractivity contribution in [3.63, 3.8) is 0 Å². The molecule has 0 spiro atoms. The zero-order chi connectivity index (χ0) is 40.5. The van der Waals surface area contributed by atoms with Crippen LogP contribution in [0.2, 0.25) is 0 Å². The lowest BCUT2D eigenvalue weighted by atomic mass is 9.94. The summed E-state index contributed by atoms with van der Waals surface area (Å²) >= 11 is 0. The highest BCUT2D eigenvalue weighted by Gasteiger charge is 2.22. The Bertz CT molecular complexity index is 3230. The first kappa shape index (κ1) is 36.2. The molecule has 0 saturated carbocycles. The summed E-state index contributed by atoms with van der Waals surface area (Å²) in [5.74, 6) is 0. The van der Waals surface area contributed by atoms with Gasteiger partial charge in [0.25, 0.3) is 0 Å². The van der Waals surface area contributed by atoms with Gasteiger partial charge >= 0.3 is 0 Å². The number of rotatable bonds is 9. The molecule has 1 aromatic heterocycles. The highest BCUT2D eigenvalue weighted by atomic mass is 16.3. The average Bonchev–Trinajstić information content (AvgIpc) is 3.71. The Balaban J connectivity index is 1.01. The van der Waals surface area contributed by atoms with E-state index in [1.54, 1.807) is 0 Å². The van der Waals surface area contributed by atoms with Crippen molar-refractivity contribution < 1.29 is 4.42 Å². The van der Waals surface area contributed by atoms with E-state index in [2.05, 4.69) is 234 Å². The molecule has 1 atom stereocenters. The van der Waals surface area contributed by atoms with Crippen LogP contribution in [0.15, 0.2) is 241 Å². The lowest BCUT2D eigenvalue weighted by Gasteiger charge is -2.32. The van der Waals surface area contributed by atoms with E-state index in [0.717, 1.165) is 62.1 Å². The number of fused-ring (bicyclic) bond motifs is 4. The maximum Gasteiger partial charge on any atom is 0.137 e. The Morgan fingerprint density at radius 3 is 1.80 bits per heavy atom. The van der Waals surface area contributed by atoms with Crippen molar-refractivity contribution in [2.45, 2.75) is 12.5 Å². The largest absolute Gasteiger partial charge is 0.456 e. The van der Waals surface area contributed by atoms with E-state index in [4.69, 9.17) is 4.42 Å². The lowest BCUT2D eigenvalue weighted by Crippen LogP contribution is -2.29. The molecule has 1 heterocycles. The molecule has 1 aliphatic carbocycles. The minimum atomic E-state index is 0.257. The number of hydrogen-bond acceptors (Lipinski definition) is 3. The molecular weight excluding hydrogens is 741 g/mol. The Kier molecular flexibility index (Phi) is 9.33. The van der Waals surface area contributed by atoms with Crippen molar-refractivity contribution in [2.75, 3.05) is 9.80 Å². The van der Waals surface area contributed by atoms with Crippen molar-refractivity contribution in [1.82, 2.24) is 0 Å². The van der Waals surface area contributed by atoms with Gasteiger partial charge in [-0.2, -0.15) is 0 Å². The molecule has 3 heteroatoms. The summed E-state index contributed by atoms with van der Waals surface area (Å²) in [4.78, 5) is 4.82. The molecule has 0 fully saturated rings. The summed E-state index contributed by atoms with van der Waals surface area (Å²) in [5, 5.41) is 4.63. The van der Waals surface area contributed by atoms with Crippen molar-refractivity contribution in [2.24, 2.45) is 0 Å². The second kappa shape index (κ2) is 15.7. The highest BCUT2D eigenvalue weighted by Crippen LogP contribution is 2.46. The van der Waals surface area contributed by atoms with Gasteiger partial charge in [-0.25, -0.2) is 0 Å². The summed E-state index contributed by atoms with van der Waals surface area (Å²) in [6, 6.07) is 76.6. The molecule has 0 amide bonds. The van der Waals surface area contributed by atoms with Crippen LogP contribution in [0.3, 0.4) is 0 Å². The monoisotopic (exact) mass is 782 g/mol. The summed E-state index contributed by atoms with van der Waals surface area (Å²) < 4.78 is 6.49. The fraction of sp³-hybridized carbons (Fsp3) is 0.0345. The van der Waals surface area contributed by atoms with Gasteiger partial charge in [0.05, 0.1) is 11.7 Å². The van der Waals surface area contributed by atoms with E-state index in [9.17, 15) is 0 Å². The fourth-order valence-electron chi connectivity index (χ4n) is 9.03. The van der Waals surface area contributed by atoms with Crippen molar-refractivity contribution in [1.29, 1.82) is 0 Å². The third kappa shape index (κ3) is 6.86. The number of hydrogen-bond donors (Lipinski definition) is 0. The highest BCUT2D eigenvalue weighted by molar-refractivity contribution is 6.08. The SMILES string of the molecule is C1=CCC(N(c2ccccc2)c2ccc(-c3cccc(-c4cccc(N(c5ccc6c(c5)oc5ccccc56)c5ccc6ccccc6c5-c5ccccc5)c4)c3)cc2)C=C1. The predicted octanol–water partition coefficient (Wildman–Crippen LogP) is 16.2. The molecule has 11 rings (SSSR count). The summed E-state index contributed by atoms with van der Waals surface area (Å²) in [6.07, 6.45) is 9.79. The lowest BCUT2D eigenvalue weighted by molar-refractivity contribution is 0.669. The number of anilines is 5. The van der Waals surface area contributed by atoms with Gasteiger partial charge in [0.2, 0.25) is 0 Å². The quantitative estimate of drug-likeness (QED) is 0.145. The zero-order valence-corrected chi connectivity index (χ0v) is 33.6. The molecule has 0 N–H and O–H groups in total. The summed E-state index contributed by atoms with van der Waals surface area (Å²) in [5.41, 5.74) is 14.3. The third-order valence-corrected chi connectivity index (χ3v) is 11.9. The minimum Gasteiger partial charge on any atom is -0.456 e. The number of benzene rings is 9. The fourth-order valence-corrected chi connectivity index (χ4v) is 9.03. The van der Waals surface area contributed by atoms with Crippen LogP contribution < -0.4 is 9.80 Å². The van der Waals surface area contributed by atoms with Crippen molar-refractivity contribution >= 4 is 61.1 Å². The molecular formula is C58H42N2O. The van der Waals surface area contributed by atoms with Gasteiger partial charge in [0.1, 0.15) is 11.2 Å². The van der Waals surface area contributed by atoms with Crippen LogP contribution in [0.25, 0.3) is 66.1 Å². The van der Waals surface area contributed by atoms with Gasteiger partial charge in [-0.15, -0.1) is 0 Å². The minimum absolute atomic E-state index is 0.257. The molecule has 61 heavy (non-hydrogen) atoms. The maximum absolute atomic E-state index is 6.49. The van der Waals surface area contributed by atoms with Crippen LogP contribution >= 0.6 is 0 Å². The van der Waals surface area contributed by atoms with Crippen LogP contribution in [0.4, 0.5) is 28.4 Å². The number of para-hydroxylation sites is 2. The molecule has 1 aliphatic rings. The normalized spacial score (nSPS) is 13.5. The van der Waals surface area contributed by atoms with Gasteiger partial charge in [-0.1, -0.05) is 164 Å². The predicted molar refractivity (Wildman–Crippen MR) is 257 cm³/mol. The van der Waals surface area contributed by atoms with E-state index in [0.29, 0.717) is 0 Å². The maximum atomic E-state index is 6.49. The topological polar surface area (TPSA) is 19.6 Å². The van der Waals surface area contributed by atoms with Crippen molar-refractivity contribution in [3.8, 4) is 33.4 Å². The molecule has 290 valence electrons. The Morgan fingerprint density at radius 1 is 0.393 bits per heavy atom. The second-order valence-electron chi connectivity index (χ2n) is 15.7. The molecule has 10 aromatic rings. The number of nitrogens with zero attached hydrogens (tertiary/aromatic N) is 2. The first-order chi connectivity index (χ1) is 30.2. The van der Waals surface area contributed by atoms with Gasteiger partial charge < -0.3 is 14.2 Å². The van der Waals surface area contributed by atoms with Gasteiger partial charge in [-0.05, 0) is 112 Å². The van der Waals surface area contributed by atoms with E-state index in [1.165, 1.54) is 38.8 Å². The molecule has 9 aromatic carbocycles. The number of allylic oxidation sites excluding steroid dienone is 2. The molecule has 3 nitrogen and oxygen atoms in total. The Morgan fingerprint density at radius 2 is 1.00 bits per heavy atom. The molecule has 1 unspecified atom stereocenters. The van der Waals surface area contributed by atoms with Crippen LogP contribution in [-0.4, -0.2) is 6.04 Å². The van der Waals surface area contributed by atoms with Crippen molar-refractivity contribution in [3.05, 3.63) is 237 Å². The van der Waals surface area contributed by atoms with E-state index < -0.39 is 0 Å². The second-order valence-corrected chi connectivity index (χ2v) is 15.7. The summed E-state index contributed by atoms with van der Waals surface area (Å²) in [6.45, 7) is 0. The van der Waals surface area contributed by atoms with Gasteiger partial charge in [0.15, 0.2) is 0 Å². The van der Waals surface area contributed by atoms with E-state index in [1.807, 2.05) is 12.1 Å². The van der Waals surface area contributed by atoms with Gasteiger partial charge in [-0.3, -0.25) is 0 Å². The van der Waals surface area contributed by atoms with E-state index >= 15 is 0 Å². The van der Waals surface area contributed by atoms with Crippen LogP contribution in [0.1, 0.15) is 6.42 Å². The molecule has 0 radical (unpaired) electrons. The van der Waals surface area contributed by atoms with E-state index in [-0.39, 0.29) is 6.04 Å².